The van der Waals surface area contributed by atoms with E-state index in [2.05, 4.69) is 0 Å². The smallest absolute Gasteiger partial charge is 0.136 e. The van der Waals surface area contributed by atoms with Gasteiger partial charge in [-0.05, 0) is 67.0 Å². The molecule has 8 rings (SSSR count). The summed E-state index contributed by atoms with van der Waals surface area (Å²) in [6, 6.07) is 3.93. The SMILES string of the molecule is [2H]c1c([2H])c([2H])c(-c2c3ccccc3c(-c3c([2H])c([2H])c([2H])c4oc5c([2H])c([2H])c([2H])c(-c6c([2H])c([2H])c([2H])c([2H])c6[2H])c5c34)c3ccccc23)c([2H])c1[2H]. The van der Waals surface area contributed by atoms with Crippen LogP contribution in [0.15, 0.2) is 150 Å². The lowest BCUT2D eigenvalue weighted by molar-refractivity contribution is 0.669. The summed E-state index contributed by atoms with van der Waals surface area (Å²) in [7, 11) is 0. The molecule has 0 amide bonds. The lowest BCUT2D eigenvalue weighted by atomic mass is 9.84. The van der Waals surface area contributed by atoms with E-state index < -0.39 is 102 Å². The first-order valence-corrected chi connectivity index (χ1v) is 12.1. The van der Waals surface area contributed by atoms with Crippen molar-refractivity contribution < 1.29 is 26.3 Å². The van der Waals surface area contributed by atoms with Gasteiger partial charge in [0.15, 0.2) is 0 Å². The van der Waals surface area contributed by atoms with Crippen LogP contribution in [0.2, 0.25) is 0 Å². The summed E-state index contributed by atoms with van der Waals surface area (Å²) in [5, 5.41) is 1.34. The van der Waals surface area contributed by atoms with Gasteiger partial charge in [-0.3, -0.25) is 0 Å². The Labute approximate surface area is 249 Å². The Hall–Kier alpha value is -5.14. The van der Waals surface area contributed by atoms with Gasteiger partial charge in [0, 0.05) is 10.8 Å². The van der Waals surface area contributed by atoms with Crippen LogP contribution >= 0.6 is 0 Å². The zero-order valence-electron chi connectivity index (χ0n) is 36.0. The normalized spacial score (nSPS) is 17.3. The van der Waals surface area contributed by atoms with E-state index in [-0.39, 0.29) is 44.2 Å². The fourth-order valence-corrected chi connectivity index (χ4v) is 5.30. The number of rotatable bonds is 3. The molecular weight excluding hydrogens is 472 g/mol. The predicted octanol–water partition coefficient (Wildman–Crippen LogP) is 10.9. The van der Waals surface area contributed by atoms with E-state index in [1.165, 1.54) is 0 Å². The van der Waals surface area contributed by atoms with Crippen molar-refractivity contribution in [2.75, 3.05) is 0 Å². The Morgan fingerprint density at radius 2 is 0.872 bits per heavy atom. The maximum atomic E-state index is 9.42. The molecule has 1 heterocycles. The highest BCUT2D eigenvalue weighted by atomic mass is 16.3. The van der Waals surface area contributed by atoms with Crippen LogP contribution in [0.25, 0.3) is 76.9 Å². The Balaban J connectivity index is 1.67. The third-order valence-electron chi connectivity index (χ3n) is 6.82. The molecule has 182 valence electrons. The van der Waals surface area contributed by atoms with Crippen LogP contribution in [-0.4, -0.2) is 0 Å². The van der Waals surface area contributed by atoms with Crippen LogP contribution in [0.3, 0.4) is 0 Å². The summed E-state index contributed by atoms with van der Waals surface area (Å²) in [6.07, 6.45) is 0. The highest BCUT2D eigenvalue weighted by Gasteiger charge is 2.21. The molecule has 0 aliphatic carbocycles. The fourth-order valence-electron chi connectivity index (χ4n) is 5.30. The van der Waals surface area contributed by atoms with E-state index in [4.69, 9.17) is 25.0 Å². The first-order chi connectivity index (χ1) is 26.0. The van der Waals surface area contributed by atoms with Gasteiger partial charge in [-0.1, -0.05) is 133 Å². The monoisotopic (exact) mass is 512 g/mol. The van der Waals surface area contributed by atoms with Gasteiger partial charge in [-0.2, -0.15) is 0 Å². The molecule has 0 saturated heterocycles. The zero-order valence-corrected chi connectivity index (χ0v) is 20.0. The zero-order chi connectivity index (χ0) is 39.7. The average Bonchev–Trinajstić information content (AvgIpc) is 3.58. The average molecular weight is 513 g/mol. The van der Waals surface area contributed by atoms with E-state index in [0.717, 1.165) is 0 Å². The maximum Gasteiger partial charge on any atom is 0.136 e. The summed E-state index contributed by atoms with van der Waals surface area (Å²) in [6.45, 7) is 0. The van der Waals surface area contributed by atoms with Gasteiger partial charge in [0.2, 0.25) is 0 Å². The first kappa shape index (κ1) is 11.3. The minimum absolute atomic E-state index is 0.0279. The van der Waals surface area contributed by atoms with Crippen molar-refractivity contribution in [2.45, 2.75) is 0 Å². The highest BCUT2D eigenvalue weighted by molar-refractivity contribution is 6.26. The fraction of sp³-hybridized carbons (Fsp3) is 0. The quantitative estimate of drug-likeness (QED) is 0.215. The highest BCUT2D eigenvalue weighted by Crippen LogP contribution is 2.48. The molecule has 0 aliphatic heterocycles. The molecule has 0 spiro atoms. The lowest BCUT2D eigenvalue weighted by Crippen LogP contribution is -1.91. The molecular formula is C38H24O. The number of benzene rings is 7. The first-order valence-electron chi connectivity index (χ1n) is 20.1. The molecule has 0 bridgehead atoms. The van der Waals surface area contributed by atoms with E-state index >= 15 is 0 Å². The molecule has 0 radical (unpaired) electrons. The third-order valence-corrected chi connectivity index (χ3v) is 6.82. The van der Waals surface area contributed by atoms with Gasteiger partial charge in [0.05, 0.1) is 21.9 Å². The van der Waals surface area contributed by atoms with E-state index in [1.54, 1.807) is 48.5 Å². The van der Waals surface area contributed by atoms with Gasteiger partial charge in [-0.15, -0.1) is 0 Å². The number of hydrogen-bond acceptors (Lipinski definition) is 1. The number of fused-ring (bicyclic) bond motifs is 5. The lowest BCUT2D eigenvalue weighted by Gasteiger charge is -2.18. The summed E-state index contributed by atoms with van der Waals surface area (Å²) in [4.78, 5) is 0. The molecule has 0 aliphatic rings. The summed E-state index contributed by atoms with van der Waals surface area (Å²) in [5.74, 6) is 0. The van der Waals surface area contributed by atoms with Crippen LogP contribution in [-0.2, 0) is 0 Å². The van der Waals surface area contributed by atoms with Gasteiger partial charge in [0.1, 0.15) is 11.2 Å². The molecule has 0 atom stereocenters. The van der Waals surface area contributed by atoms with E-state index in [0.29, 0.717) is 27.1 Å². The van der Waals surface area contributed by atoms with Crippen LogP contribution in [0.4, 0.5) is 0 Å². The van der Waals surface area contributed by atoms with Crippen molar-refractivity contribution in [1.82, 2.24) is 0 Å². The number of hydrogen-bond donors (Lipinski definition) is 0. The second-order valence-electron chi connectivity index (χ2n) is 8.85. The maximum absolute atomic E-state index is 9.42. The molecule has 0 fully saturated rings. The summed E-state index contributed by atoms with van der Waals surface area (Å²) < 4.78 is 145. The Bertz CT molecular complexity index is 2940. The molecule has 1 aromatic heterocycles. The Kier molecular flexibility index (Phi) is 2.53. The van der Waals surface area contributed by atoms with Gasteiger partial charge < -0.3 is 4.42 Å². The second kappa shape index (κ2) is 8.72. The topological polar surface area (TPSA) is 13.1 Å². The van der Waals surface area contributed by atoms with Crippen molar-refractivity contribution >= 4 is 43.5 Å². The van der Waals surface area contributed by atoms with Crippen molar-refractivity contribution in [1.29, 1.82) is 0 Å². The van der Waals surface area contributed by atoms with Crippen molar-refractivity contribution in [2.24, 2.45) is 0 Å². The van der Waals surface area contributed by atoms with Crippen molar-refractivity contribution in [3.63, 3.8) is 0 Å². The standard InChI is InChI=1S/C38H24O/c1-3-13-25(14-4-1)27-21-11-23-33-37(27)38-32(22-12-24-34(38)39-33)36-30-19-9-7-17-28(30)35(26-15-5-2-6-16-26)29-18-8-10-20-31(29)36/h1-24H/i1D,2D,3D,4D,5D,6D,11D,12D,13D,14D,15D,16D,21D,22D,23D,24D. The van der Waals surface area contributed by atoms with Crippen LogP contribution < -0.4 is 0 Å². The van der Waals surface area contributed by atoms with E-state index in [1.807, 2.05) is 0 Å². The minimum atomic E-state index is -0.714. The largest absolute Gasteiger partial charge is 0.456 e. The molecule has 7 aromatic carbocycles. The number of furan rings is 1. The van der Waals surface area contributed by atoms with Gasteiger partial charge in [0.25, 0.3) is 0 Å². The molecule has 39 heavy (non-hydrogen) atoms. The molecule has 0 N–H and O–H groups in total. The third kappa shape index (κ3) is 3.34. The summed E-state index contributed by atoms with van der Waals surface area (Å²) >= 11 is 0. The van der Waals surface area contributed by atoms with Crippen molar-refractivity contribution in [3.8, 4) is 33.4 Å². The van der Waals surface area contributed by atoms with Gasteiger partial charge in [-0.25, -0.2) is 0 Å². The molecule has 0 unspecified atom stereocenters. The van der Waals surface area contributed by atoms with Crippen LogP contribution in [0.1, 0.15) is 21.9 Å². The minimum Gasteiger partial charge on any atom is -0.456 e. The summed E-state index contributed by atoms with van der Waals surface area (Å²) in [5.41, 5.74) is -0.982. The van der Waals surface area contributed by atoms with Crippen LogP contribution in [0.5, 0.6) is 0 Å². The van der Waals surface area contributed by atoms with Crippen molar-refractivity contribution in [3.05, 3.63) is 145 Å². The molecule has 1 heteroatoms. The molecule has 8 aromatic rings. The predicted molar refractivity (Wildman–Crippen MR) is 165 cm³/mol. The van der Waals surface area contributed by atoms with E-state index in [9.17, 15) is 1.37 Å². The molecule has 1 nitrogen and oxygen atoms in total. The Morgan fingerprint density at radius 3 is 1.44 bits per heavy atom. The second-order valence-corrected chi connectivity index (χ2v) is 8.85. The van der Waals surface area contributed by atoms with Crippen LogP contribution in [0, 0.1) is 0 Å². The van der Waals surface area contributed by atoms with Gasteiger partial charge >= 0.3 is 0 Å². The molecule has 0 saturated carbocycles. The Morgan fingerprint density at radius 1 is 0.410 bits per heavy atom.